The van der Waals surface area contributed by atoms with Crippen molar-refractivity contribution in [2.45, 2.75) is 164 Å². The number of hydrogen-bond donors (Lipinski definition) is 4. The quantitative estimate of drug-likeness (QED) is 0.0229. The molecule has 15 aromatic rings. The fraction of sp³-hybridized carbons (Fsp3) is 0.241. The molecular weight excluding hydrogens is 1640 g/mol. The molecule has 0 aliphatic heterocycles. The zero-order chi connectivity index (χ0) is 89.8. The Morgan fingerprint density at radius 3 is 1.02 bits per heavy atom. The van der Waals surface area contributed by atoms with Crippen LogP contribution in [0.4, 0.5) is 45.5 Å². The maximum atomic E-state index is 13.1. The Labute approximate surface area is 775 Å². The highest BCUT2D eigenvalue weighted by Crippen LogP contribution is 2.44. The smallest absolute Gasteiger partial charge is 0.176 e. The van der Waals surface area contributed by atoms with Crippen molar-refractivity contribution < 1.29 is 19.2 Å². The fourth-order valence-corrected chi connectivity index (χ4v) is 19.5. The van der Waals surface area contributed by atoms with Gasteiger partial charge in [0.2, 0.25) is 0 Å². The zero-order valence-electron chi connectivity index (χ0n) is 75.3. The maximum absolute atomic E-state index is 13.1. The summed E-state index contributed by atoms with van der Waals surface area (Å²) in [5, 5.41) is 14.1. The van der Waals surface area contributed by atoms with E-state index in [1.807, 2.05) is 67.6 Å². The summed E-state index contributed by atoms with van der Waals surface area (Å²) in [6, 6.07) is 113. The van der Waals surface area contributed by atoms with E-state index in [-0.39, 0.29) is 35.0 Å². The SMILES string of the molecule is C#CCCC(C(=O)c1ccc(-c2cccc(Nc3cccc(C(C)C)c3)c2)s1)C1CC1.CC(C)c1cccc(Nc2cccc(-c3ccc(C(=O)CCCc4ccccc4)s3)c2)c1.CC(Cc1ccccc1)C(=O)c1ccc(-c2cccc(Nc3cccc(C(C)C)c3)c2)s1.CCc1ccc(CCC(=O)c2ccc(-c3cccc(Nc4cccc(C(C)C)c4)c3)s2)cc1. The van der Waals surface area contributed by atoms with Gasteiger partial charge in [-0.1, -0.05) is 251 Å². The van der Waals surface area contributed by atoms with E-state index in [4.69, 9.17) is 6.42 Å². The average Bonchev–Trinajstić information content (AvgIpc) is 1.85. The first-order chi connectivity index (χ1) is 62.1. The second-order valence-corrected chi connectivity index (χ2v) is 38.8. The number of thiophene rings is 4. The number of nitrogens with one attached hydrogen (secondary N) is 4. The Hall–Kier alpha value is -12.3. The first-order valence-corrected chi connectivity index (χ1v) is 48.4. The van der Waals surface area contributed by atoms with Gasteiger partial charge in [-0.15, -0.1) is 57.7 Å². The molecule has 11 aromatic carbocycles. The number of carbonyl (C=O) groups excluding carboxylic acids is 4. The molecule has 4 N–H and O–H groups in total. The second kappa shape index (κ2) is 46.4. The molecule has 0 amide bonds. The zero-order valence-corrected chi connectivity index (χ0v) is 78.6. The van der Waals surface area contributed by atoms with Crippen LogP contribution in [0.3, 0.4) is 0 Å². The number of anilines is 8. The summed E-state index contributed by atoms with van der Waals surface area (Å²) in [5.74, 6) is 6.19. The number of terminal acetylenes is 1. The Balaban J connectivity index is 0.000000146. The molecule has 4 aromatic heterocycles. The molecule has 8 nitrogen and oxygen atoms in total. The summed E-state index contributed by atoms with van der Waals surface area (Å²) in [6.45, 7) is 21.8. The van der Waals surface area contributed by atoms with Crippen LogP contribution in [-0.4, -0.2) is 23.1 Å². The number of carbonyl (C=O) groups is 4. The van der Waals surface area contributed by atoms with E-state index in [0.717, 1.165) is 158 Å². The van der Waals surface area contributed by atoms with Crippen LogP contribution in [0.25, 0.3) is 41.8 Å². The summed E-state index contributed by atoms with van der Waals surface area (Å²) in [6.07, 6.45) is 14.8. The van der Waals surface area contributed by atoms with Gasteiger partial charge >= 0.3 is 0 Å². The Morgan fingerprint density at radius 1 is 0.336 bits per heavy atom. The molecule has 1 aliphatic rings. The van der Waals surface area contributed by atoms with Gasteiger partial charge in [0, 0.05) is 96.1 Å². The van der Waals surface area contributed by atoms with Crippen LogP contribution in [0.1, 0.15) is 221 Å². The summed E-state index contributed by atoms with van der Waals surface area (Å²) in [7, 11) is 0. The molecule has 1 aliphatic carbocycles. The Morgan fingerprint density at radius 2 is 0.656 bits per heavy atom. The average molecular weight is 1760 g/mol. The molecule has 650 valence electrons. The summed E-state index contributed by atoms with van der Waals surface area (Å²) < 4.78 is 0. The lowest BCUT2D eigenvalue weighted by Crippen LogP contribution is -2.15. The van der Waals surface area contributed by atoms with Crippen LogP contribution in [0.5, 0.6) is 0 Å². The van der Waals surface area contributed by atoms with Gasteiger partial charge in [0.25, 0.3) is 0 Å². The van der Waals surface area contributed by atoms with Gasteiger partial charge in [-0.25, -0.2) is 0 Å². The third-order valence-electron chi connectivity index (χ3n) is 23.2. The highest BCUT2D eigenvalue weighted by Gasteiger charge is 2.36. The van der Waals surface area contributed by atoms with Crippen LogP contribution >= 0.6 is 45.3 Å². The number of benzene rings is 11. The normalized spacial score (nSPS) is 12.0. The predicted molar refractivity (Wildman–Crippen MR) is 549 cm³/mol. The minimum Gasteiger partial charge on any atom is -0.356 e. The molecule has 4 heterocycles. The highest BCUT2D eigenvalue weighted by molar-refractivity contribution is 7.18. The van der Waals surface area contributed by atoms with E-state index < -0.39 is 0 Å². The van der Waals surface area contributed by atoms with Gasteiger partial charge in [-0.2, -0.15) is 0 Å². The third-order valence-corrected chi connectivity index (χ3v) is 27.8. The van der Waals surface area contributed by atoms with Gasteiger partial charge in [0.05, 0.1) is 19.5 Å². The summed E-state index contributed by atoms with van der Waals surface area (Å²) in [4.78, 5) is 59.4. The molecule has 1 saturated carbocycles. The molecule has 1 fully saturated rings. The molecule has 128 heavy (non-hydrogen) atoms. The number of Topliss-reactive ketones (excluding diaryl/α,β-unsaturated/α-hetero) is 4. The van der Waals surface area contributed by atoms with Gasteiger partial charge in [0.15, 0.2) is 23.1 Å². The van der Waals surface area contributed by atoms with Gasteiger partial charge in [0.1, 0.15) is 0 Å². The van der Waals surface area contributed by atoms with Crippen molar-refractivity contribution >= 4 is 114 Å². The molecule has 2 atom stereocenters. The number of hydrogen-bond acceptors (Lipinski definition) is 12. The van der Waals surface area contributed by atoms with E-state index in [9.17, 15) is 19.2 Å². The van der Waals surface area contributed by atoms with Crippen molar-refractivity contribution in [3.05, 3.63) is 392 Å². The molecule has 2 unspecified atom stereocenters. The molecule has 0 radical (unpaired) electrons. The van der Waals surface area contributed by atoms with Gasteiger partial charge in [-0.3, -0.25) is 19.2 Å². The third kappa shape index (κ3) is 27.4. The van der Waals surface area contributed by atoms with E-state index >= 15 is 0 Å². The second-order valence-electron chi connectivity index (χ2n) is 34.5. The number of aryl methyl sites for hydroxylation is 3. The molecule has 0 saturated heterocycles. The molecule has 0 bridgehead atoms. The van der Waals surface area contributed by atoms with Crippen molar-refractivity contribution in [1.29, 1.82) is 0 Å². The molecule has 0 spiro atoms. The van der Waals surface area contributed by atoms with Crippen LogP contribution in [0.2, 0.25) is 0 Å². The Kier molecular flexibility index (Phi) is 33.8. The lowest BCUT2D eigenvalue weighted by atomic mass is 9.92. The van der Waals surface area contributed by atoms with Crippen LogP contribution in [-0.2, 0) is 25.7 Å². The van der Waals surface area contributed by atoms with E-state index in [2.05, 4.69) is 356 Å². The first kappa shape index (κ1) is 93.3. The number of ketones is 4. The van der Waals surface area contributed by atoms with Crippen LogP contribution in [0, 0.1) is 30.1 Å². The maximum Gasteiger partial charge on any atom is 0.176 e. The minimum atomic E-state index is -0.0369. The van der Waals surface area contributed by atoms with Crippen LogP contribution in [0.15, 0.2) is 328 Å². The van der Waals surface area contributed by atoms with Gasteiger partial charge in [-0.05, 0) is 293 Å². The first-order valence-electron chi connectivity index (χ1n) is 45.2. The van der Waals surface area contributed by atoms with Crippen molar-refractivity contribution in [2.75, 3.05) is 21.3 Å². The molecular formula is C116H118N4O4S4. The number of rotatable bonds is 35. The fourth-order valence-electron chi connectivity index (χ4n) is 15.5. The standard InChI is InChI=1S/C30H31NOS.2C29H29NOS.C28H29NOS/c1-4-22-11-13-23(14-12-22)15-16-28(32)30-18-17-29(33-30)25-8-6-10-27(20-25)31-26-9-5-7-24(19-26)21(2)3;1-20(2)23-11-7-13-25(18-23)30-26-14-8-12-24(19-26)27-15-16-28(32-27)29(31)21(3)17-22-9-5-4-6-10-22;1-21(2)23-12-7-14-25(19-23)30-26-15-8-13-24(20-26)28-17-18-29(32-28)27(31)16-6-11-22-9-4-3-5-10-22;1-4-5-12-25(20-13-14-20)28(30)27-16-15-26(31-27)22-9-7-11-24(18-22)29-23-10-6-8-21(17-23)19(2)3/h5-14,17-21,31H,4,15-16H2,1-3H3;4-16,18-21,30H,17H2,1-3H3;3-5,7-10,12-15,17-21,30H,6,11,16H2,1-2H3;1,6-11,15-20,25,29H,5,12-14H2,2-3H3. The topological polar surface area (TPSA) is 116 Å². The predicted octanol–water partition coefficient (Wildman–Crippen LogP) is 33.4. The van der Waals surface area contributed by atoms with E-state index in [0.29, 0.717) is 48.9 Å². The van der Waals surface area contributed by atoms with E-state index in [1.54, 1.807) is 45.3 Å². The molecule has 16 rings (SSSR count). The lowest BCUT2D eigenvalue weighted by Gasteiger charge is -2.12. The van der Waals surface area contributed by atoms with E-state index in [1.165, 1.54) is 44.5 Å². The van der Waals surface area contributed by atoms with Crippen molar-refractivity contribution in [3.8, 4) is 54.1 Å². The lowest BCUT2D eigenvalue weighted by molar-refractivity contribution is 0.0899. The van der Waals surface area contributed by atoms with Crippen LogP contribution < -0.4 is 21.3 Å². The van der Waals surface area contributed by atoms with Crippen molar-refractivity contribution in [3.63, 3.8) is 0 Å². The van der Waals surface area contributed by atoms with Gasteiger partial charge < -0.3 is 21.3 Å². The largest absolute Gasteiger partial charge is 0.356 e. The highest BCUT2D eigenvalue weighted by atomic mass is 32.1. The minimum absolute atomic E-state index is 0.0369. The Bertz CT molecular complexity index is 6190. The summed E-state index contributed by atoms with van der Waals surface area (Å²) >= 11 is 6.33. The van der Waals surface area contributed by atoms with Crippen molar-refractivity contribution in [2.24, 2.45) is 17.8 Å². The monoisotopic (exact) mass is 1760 g/mol. The van der Waals surface area contributed by atoms with Crippen molar-refractivity contribution in [1.82, 2.24) is 0 Å². The molecule has 12 heteroatoms. The summed E-state index contributed by atoms with van der Waals surface area (Å²) in [5.41, 5.74) is 23.4.